The first kappa shape index (κ1) is 26.6. The molecule has 1 aromatic heterocycles. The number of rotatable bonds is 14. The number of ether oxygens (including phenoxy) is 1. The van der Waals surface area contributed by atoms with Gasteiger partial charge in [0.2, 0.25) is 0 Å². The van der Waals surface area contributed by atoms with Crippen molar-refractivity contribution in [3.8, 4) is 11.1 Å². The van der Waals surface area contributed by atoms with E-state index in [9.17, 15) is 24.2 Å². The first-order chi connectivity index (χ1) is 16.3. The third kappa shape index (κ3) is 7.20. The molecule has 0 aliphatic carbocycles. The fourth-order valence-electron chi connectivity index (χ4n) is 3.07. The van der Waals surface area contributed by atoms with Gasteiger partial charge >= 0.3 is 0 Å². The van der Waals surface area contributed by atoms with Gasteiger partial charge in [0.05, 0.1) is 26.1 Å². The molecule has 1 amide bonds. The molecule has 0 aliphatic heterocycles. The number of nitrogens with zero attached hydrogens (tertiary/aromatic N) is 3. The molecule has 0 saturated carbocycles. The van der Waals surface area contributed by atoms with Gasteiger partial charge < -0.3 is 35.2 Å². The molecule has 2 rings (SSSR count). The van der Waals surface area contributed by atoms with Crippen molar-refractivity contribution >= 4 is 30.2 Å². The largest absolute Gasteiger partial charge is 0.460 e. The van der Waals surface area contributed by atoms with Gasteiger partial charge in [-0.1, -0.05) is 0 Å². The highest BCUT2D eigenvalue weighted by molar-refractivity contribution is 5.81. The summed E-state index contributed by atoms with van der Waals surface area (Å²) in [5.74, 6) is -0.814. The summed E-state index contributed by atoms with van der Waals surface area (Å²) < 4.78 is 19.6. The number of pyridine rings is 1. The number of hydrogen-bond donors (Lipinski definition) is 5. The quantitative estimate of drug-likeness (QED) is 0.140. The molecule has 5 N–H and O–H groups in total. The van der Waals surface area contributed by atoms with Crippen molar-refractivity contribution in [2.75, 3.05) is 49.7 Å². The van der Waals surface area contributed by atoms with Crippen LogP contribution in [0, 0.1) is 11.2 Å². The number of hydrogen-bond acceptors (Lipinski definition) is 9. The number of aliphatic hydroxyl groups excluding tert-OH is 3. The number of halogens is 1. The van der Waals surface area contributed by atoms with E-state index in [1.165, 1.54) is 17.2 Å². The van der Waals surface area contributed by atoms with E-state index in [0.29, 0.717) is 22.6 Å². The molecule has 2 unspecified atom stereocenters. The van der Waals surface area contributed by atoms with Gasteiger partial charge in [0, 0.05) is 43.1 Å². The predicted octanol–water partition coefficient (Wildman–Crippen LogP) is -0.259. The molecule has 2 atom stereocenters. The molecule has 0 bridgehead atoms. The molecule has 0 aliphatic rings. The van der Waals surface area contributed by atoms with Crippen molar-refractivity contribution in [1.29, 1.82) is 5.41 Å². The molecule has 0 saturated heterocycles. The van der Waals surface area contributed by atoms with Crippen molar-refractivity contribution in [2.45, 2.75) is 12.2 Å². The minimum atomic E-state index is -1.51. The number of likely N-dealkylation sites (N-methyl/N-ethyl adjacent to an activating group) is 1. The molecule has 11 nitrogen and oxygen atoms in total. The molecule has 184 valence electrons. The zero-order valence-electron chi connectivity index (χ0n) is 18.6. The van der Waals surface area contributed by atoms with Crippen LogP contribution in [0.2, 0.25) is 0 Å². The molecule has 1 aromatic carbocycles. The van der Waals surface area contributed by atoms with Crippen molar-refractivity contribution in [3.63, 3.8) is 0 Å². The SMILES string of the molecule is CN(CC(CO)OC=O)c1ccc(-c2ccc(N(C=N)CCNC(=O)C(O)CO)nc2)c(F)c1. The monoisotopic (exact) mass is 477 g/mol. The van der Waals surface area contributed by atoms with E-state index in [1.54, 1.807) is 36.2 Å². The molecule has 34 heavy (non-hydrogen) atoms. The summed E-state index contributed by atoms with van der Waals surface area (Å²) in [6.45, 7) is -0.305. The Labute approximate surface area is 195 Å². The lowest BCUT2D eigenvalue weighted by atomic mass is 10.1. The van der Waals surface area contributed by atoms with Crippen LogP contribution in [-0.2, 0) is 14.3 Å². The van der Waals surface area contributed by atoms with Gasteiger partial charge in [0.25, 0.3) is 12.4 Å². The Morgan fingerprint density at radius 2 is 2.06 bits per heavy atom. The van der Waals surface area contributed by atoms with E-state index in [0.717, 1.165) is 6.34 Å². The third-order valence-corrected chi connectivity index (χ3v) is 4.96. The average molecular weight is 477 g/mol. The van der Waals surface area contributed by atoms with Gasteiger partial charge in [0.1, 0.15) is 17.7 Å². The maximum Gasteiger partial charge on any atom is 0.293 e. The molecule has 0 spiro atoms. The van der Waals surface area contributed by atoms with Crippen LogP contribution in [-0.4, -0.2) is 91.1 Å². The first-order valence-corrected chi connectivity index (χ1v) is 10.4. The van der Waals surface area contributed by atoms with Crippen molar-refractivity contribution in [3.05, 3.63) is 42.3 Å². The van der Waals surface area contributed by atoms with Crippen LogP contribution in [0.5, 0.6) is 0 Å². The smallest absolute Gasteiger partial charge is 0.293 e. The Kier molecular flexibility index (Phi) is 10.3. The number of carbonyl (C=O) groups excluding carboxylic acids is 2. The molecule has 0 fully saturated rings. The number of anilines is 2. The van der Waals surface area contributed by atoms with Crippen molar-refractivity contribution in [1.82, 2.24) is 10.3 Å². The second-order valence-corrected chi connectivity index (χ2v) is 7.30. The highest BCUT2D eigenvalue weighted by atomic mass is 19.1. The zero-order valence-corrected chi connectivity index (χ0v) is 18.6. The van der Waals surface area contributed by atoms with Crippen LogP contribution < -0.4 is 15.1 Å². The van der Waals surface area contributed by atoms with Gasteiger partial charge in [-0.05, 0) is 30.3 Å². The molecule has 0 radical (unpaired) electrons. The minimum absolute atomic E-state index is 0.105. The van der Waals surface area contributed by atoms with Crippen LogP contribution in [0.3, 0.4) is 0 Å². The highest BCUT2D eigenvalue weighted by Crippen LogP contribution is 2.27. The summed E-state index contributed by atoms with van der Waals surface area (Å²) in [7, 11) is 1.68. The molecule has 2 aromatic rings. The van der Waals surface area contributed by atoms with Crippen molar-refractivity contribution < 1.29 is 34.0 Å². The van der Waals surface area contributed by atoms with Crippen LogP contribution >= 0.6 is 0 Å². The number of nitrogens with one attached hydrogen (secondary N) is 2. The third-order valence-electron chi connectivity index (χ3n) is 4.96. The van der Waals surface area contributed by atoms with Gasteiger partial charge in [-0.3, -0.25) is 15.0 Å². The minimum Gasteiger partial charge on any atom is -0.460 e. The lowest BCUT2D eigenvalue weighted by Crippen LogP contribution is -2.41. The standard InChI is InChI=1S/C22H28FN5O6/c1-27(10-17(11-29)34-14-31)16-3-4-18(19(23)8-16)15-2-5-21(26-9-15)28(13-24)7-6-25-22(33)20(32)12-30/h2-5,8-9,13-14,17,20,24,29-30,32H,6-7,10-12H2,1H3,(H,25,33). The Bertz CT molecular complexity index is 961. The summed E-state index contributed by atoms with van der Waals surface area (Å²) >= 11 is 0. The lowest BCUT2D eigenvalue weighted by molar-refractivity contribution is -0.135. The number of benzene rings is 1. The number of amides is 1. The van der Waals surface area contributed by atoms with E-state index < -0.39 is 30.5 Å². The van der Waals surface area contributed by atoms with E-state index in [2.05, 4.69) is 10.3 Å². The summed E-state index contributed by atoms with van der Waals surface area (Å²) in [6.07, 6.45) is 0.247. The Morgan fingerprint density at radius 1 is 1.29 bits per heavy atom. The van der Waals surface area contributed by atoms with Crippen LogP contribution in [0.4, 0.5) is 15.9 Å². The lowest BCUT2D eigenvalue weighted by Gasteiger charge is -2.24. The van der Waals surface area contributed by atoms with E-state index in [1.807, 2.05) is 0 Å². The Morgan fingerprint density at radius 3 is 2.62 bits per heavy atom. The fourth-order valence-corrected chi connectivity index (χ4v) is 3.07. The maximum atomic E-state index is 14.8. The van der Waals surface area contributed by atoms with Gasteiger partial charge in [0.15, 0.2) is 6.10 Å². The Balaban J connectivity index is 2.06. The van der Waals surface area contributed by atoms with Crippen LogP contribution in [0.25, 0.3) is 11.1 Å². The number of carbonyl (C=O) groups is 2. The second kappa shape index (κ2) is 13.2. The summed E-state index contributed by atoms with van der Waals surface area (Å²) in [4.78, 5) is 29.3. The van der Waals surface area contributed by atoms with E-state index >= 15 is 0 Å². The van der Waals surface area contributed by atoms with Gasteiger partial charge in [-0.2, -0.15) is 0 Å². The number of aliphatic hydroxyl groups is 3. The van der Waals surface area contributed by atoms with Crippen LogP contribution in [0.1, 0.15) is 0 Å². The zero-order chi connectivity index (χ0) is 25.1. The molecule has 12 heteroatoms. The topological polar surface area (TPSA) is 159 Å². The van der Waals surface area contributed by atoms with E-state index in [4.69, 9.17) is 15.3 Å². The number of aromatic nitrogens is 1. The Hall–Kier alpha value is -3.61. The van der Waals surface area contributed by atoms with Crippen LogP contribution in [0.15, 0.2) is 36.5 Å². The maximum absolute atomic E-state index is 14.8. The highest BCUT2D eigenvalue weighted by Gasteiger charge is 2.16. The summed E-state index contributed by atoms with van der Waals surface area (Å²) in [6, 6.07) is 7.85. The molecular weight excluding hydrogens is 449 g/mol. The normalized spacial score (nSPS) is 12.4. The van der Waals surface area contributed by atoms with Gasteiger partial charge in [-0.15, -0.1) is 0 Å². The average Bonchev–Trinajstić information content (AvgIpc) is 2.85. The molecular formula is C22H28FN5O6. The first-order valence-electron chi connectivity index (χ1n) is 10.4. The predicted molar refractivity (Wildman–Crippen MR) is 123 cm³/mol. The fraction of sp³-hybridized carbons (Fsp3) is 0.364. The molecule has 1 heterocycles. The van der Waals surface area contributed by atoms with E-state index in [-0.39, 0.29) is 32.7 Å². The van der Waals surface area contributed by atoms with Crippen molar-refractivity contribution in [2.24, 2.45) is 0 Å². The van der Waals surface area contributed by atoms with Gasteiger partial charge in [-0.25, -0.2) is 9.37 Å². The summed E-state index contributed by atoms with van der Waals surface area (Å²) in [5, 5.41) is 37.2. The second-order valence-electron chi connectivity index (χ2n) is 7.30. The summed E-state index contributed by atoms with van der Waals surface area (Å²) in [5.41, 5.74) is 1.35.